The number of hydrogen-bond donors (Lipinski definition) is 1. The first-order chi connectivity index (χ1) is 23.3. The molecule has 0 spiro atoms. The fourth-order valence-electron chi connectivity index (χ4n) is 5.61. The predicted octanol–water partition coefficient (Wildman–Crippen LogP) is 8.22. The van der Waals surface area contributed by atoms with Crippen molar-refractivity contribution in [3.05, 3.63) is 93.3 Å². The number of para-hydroxylation sites is 1. The van der Waals surface area contributed by atoms with Gasteiger partial charge in [0.15, 0.2) is 4.34 Å². The van der Waals surface area contributed by atoms with Gasteiger partial charge in [-0.1, -0.05) is 53.5 Å². The molecule has 0 aliphatic carbocycles. The summed E-state index contributed by atoms with van der Waals surface area (Å²) in [6, 6.07) is 20.0. The van der Waals surface area contributed by atoms with E-state index in [0.717, 1.165) is 47.9 Å². The molecule has 2 amide bonds. The van der Waals surface area contributed by atoms with Gasteiger partial charge in [0.1, 0.15) is 5.60 Å². The van der Waals surface area contributed by atoms with E-state index in [-0.39, 0.29) is 30.0 Å². The number of aromatic nitrogens is 1. The number of amides is 2. The van der Waals surface area contributed by atoms with Crippen LogP contribution in [-0.2, 0) is 20.9 Å². The first-order valence-electron chi connectivity index (χ1n) is 15.9. The summed E-state index contributed by atoms with van der Waals surface area (Å²) in [5.41, 5.74) is 8.87. The van der Waals surface area contributed by atoms with Crippen LogP contribution >= 0.6 is 46.5 Å². The molecule has 0 radical (unpaired) electrons. The van der Waals surface area contributed by atoms with Crippen LogP contribution in [0.1, 0.15) is 56.5 Å². The van der Waals surface area contributed by atoms with Crippen molar-refractivity contribution < 1.29 is 19.1 Å². The number of halogens is 2. The van der Waals surface area contributed by atoms with Crippen molar-refractivity contribution in [2.75, 3.05) is 24.5 Å². The van der Waals surface area contributed by atoms with Crippen LogP contribution in [0.25, 0.3) is 11.3 Å². The lowest BCUT2D eigenvalue weighted by molar-refractivity contribution is -0.125. The number of nitrogens with two attached hydrogens (primary N) is 1. The lowest BCUT2D eigenvalue weighted by Crippen LogP contribution is -2.43. The number of benzene rings is 3. The molecule has 1 aromatic heterocycles. The second-order valence-corrected chi connectivity index (χ2v) is 15.6. The highest BCUT2D eigenvalue weighted by atomic mass is 35.5. The third-order valence-corrected chi connectivity index (χ3v) is 10.7. The Morgan fingerprint density at radius 3 is 2.43 bits per heavy atom. The molecule has 5 rings (SSSR count). The van der Waals surface area contributed by atoms with Gasteiger partial charge in [-0.15, -0.1) is 11.3 Å². The second kappa shape index (κ2) is 16.1. The quantitative estimate of drug-likeness (QED) is 0.128. The summed E-state index contributed by atoms with van der Waals surface area (Å²) in [4.78, 5) is 47.9. The molecular formula is C36H39Cl2N5O4S2. The Hall–Kier alpha value is -3.45. The Kier molecular flexibility index (Phi) is 12.1. The van der Waals surface area contributed by atoms with Gasteiger partial charge >= 0.3 is 5.97 Å². The molecular weight excluding hydrogens is 701 g/mol. The molecule has 0 unspecified atom stereocenters. The summed E-state index contributed by atoms with van der Waals surface area (Å²) >= 11 is 15.1. The molecule has 258 valence electrons. The van der Waals surface area contributed by atoms with Gasteiger partial charge in [-0.25, -0.2) is 9.78 Å². The molecule has 1 fully saturated rings. The Bertz CT molecular complexity index is 1820. The van der Waals surface area contributed by atoms with Crippen LogP contribution in [0.4, 0.5) is 11.4 Å². The largest absolute Gasteiger partial charge is 0.456 e. The summed E-state index contributed by atoms with van der Waals surface area (Å²) in [7, 11) is 0. The highest BCUT2D eigenvalue weighted by Crippen LogP contribution is 2.37. The van der Waals surface area contributed by atoms with E-state index in [1.807, 2.05) is 46.1 Å². The maximum absolute atomic E-state index is 13.3. The molecule has 4 aromatic rings. The fourth-order valence-corrected chi connectivity index (χ4v) is 7.83. The number of carbonyl (C=O) groups is 3. The van der Waals surface area contributed by atoms with E-state index in [0.29, 0.717) is 27.1 Å². The predicted molar refractivity (Wildman–Crippen MR) is 198 cm³/mol. The van der Waals surface area contributed by atoms with Crippen molar-refractivity contribution in [2.24, 2.45) is 5.73 Å². The zero-order valence-corrected chi connectivity index (χ0v) is 31.0. The maximum Gasteiger partial charge on any atom is 0.340 e. The number of nitrogens with zero attached hydrogens (tertiary/aromatic N) is 4. The summed E-state index contributed by atoms with van der Waals surface area (Å²) in [5.74, 6) is -0.948. The van der Waals surface area contributed by atoms with E-state index < -0.39 is 11.6 Å². The molecule has 2 N–H and O–H groups in total. The molecule has 9 nitrogen and oxygen atoms in total. The maximum atomic E-state index is 13.3. The van der Waals surface area contributed by atoms with Gasteiger partial charge in [-0.05, 0) is 75.6 Å². The third kappa shape index (κ3) is 9.42. The monoisotopic (exact) mass is 739 g/mol. The number of piperidine rings is 1. The SMILES string of the molecule is CC(=O)N(Sc1nc(-c2cccc(N(C(=O)CN)c3ccccc3C(=O)OC(C)(C)C)c2)cs1)C1CCN(Cc2ccc(Cl)c(Cl)c2)CC1. The minimum Gasteiger partial charge on any atom is -0.456 e. The first-order valence-corrected chi connectivity index (χ1v) is 18.3. The third-order valence-electron chi connectivity index (χ3n) is 7.84. The van der Waals surface area contributed by atoms with Crippen molar-refractivity contribution in [1.29, 1.82) is 0 Å². The summed E-state index contributed by atoms with van der Waals surface area (Å²) in [5, 5.41) is 3.03. The lowest BCUT2D eigenvalue weighted by atomic mass is 10.0. The molecule has 49 heavy (non-hydrogen) atoms. The zero-order valence-electron chi connectivity index (χ0n) is 27.8. The van der Waals surface area contributed by atoms with E-state index in [1.54, 1.807) is 58.0 Å². The van der Waals surface area contributed by atoms with Gasteiger partial charge in [0.25, 0.3) is 0 Å². The molecule has 0 bridgehead atoms. The minimum absolute atomic E-state index is 0.0220. The number of likely N-dealkylation sites (tertiary alicyclic amines) is 1. The van der Waals surface area contributed by atoms with E-state index in [2.05, 4.69) is 4.90 Å². The van der Waals surface area contributed by atoms with Crippen LogP contribution in [0.5, 0.6) is 0 Å². The van der Waals surface area contributed by atoms with Gasteiger partial charge in [0.2, 0.25) is 11.8 Å². The summed E-state index contributed by atoms with van der Waals surface area (Å²) in [6.45, 7) is 9.16. The number of anilines is 2. The van der Waals surface area contributed by atoms with Gasteiger partial charge in [0, 0.05) is 61.2 Å². The van der Waals surface area contributed by atoms with Crippen LogP contribution in [0.15, 0.2) is 76.4 Å². The van der Waals surface area contributed by atoms with Crippen LogP contribution in [0.3, 0.4) is 0 Å². The van der Waals surface area contributed by atoms with E-state index in [1.165, 1.54) is 28.2 Å². The lowest BCUT2D eigenvalue weighted by Gasteiger charge is -2.37. The van der Waals surface area contributed by atoms with Crippen molar-refractivity contribution in [1.82, 2.24) is 14.2 Å². The van der Waals surface area contributed by atoms with Gasteiger partial charge in [0.05, 0.1) is 33.5 Å². The van der Waals surface area contributed by atoms with Crippen LogP contribution in [0, 0.1) is 0 Å². The fraction of sp³-hybridized carbons (Fsp3) is 0.333. The van der Waals surface area contributed by atoms with E-state index in [9.17, 15) is 14.4 Å². The van der Waals surface area contributed by atoms with Crippen LogP contribution < -0.4 is 10.6 Å². The van der Waals surface area contributed by atoms with Crippen molar-refractivity contribution in [3.63, 3.8) is 0 Å². The minimum atomic E-state index is -0.713. The smallest absolute Gasteiger partial charge is 0.340 e. The number of ether oxygens (including phenoxy) is 1. The highest BCUT2D eigenvalue weighted by Gasteiger charge is 2.29. The Labute approximate surface area is 305 Å². The zero-order chi connectivity index (χ0) is 35.3. The molecule has 2 heterocycles. The molecule has 1 aliphatic heterocycles. The second-order valence-electron chi connectivity index (χ2n) is 12.7. The first kappa shape index (κ1) is 36.8. The average molecular weight is 741 g/mol. The van der Waals surface area contributed by atoms with Gasteiger partial charge in [-0.3, -0.25) is 23.7 Å². The van der Waals surface area contributed by atoms with Gasteiger partial charge < -0.3 is 10.5 Å². The molecule has 1 aliphatic rings. The van der Waals surface area contributed by atoms with E-state index in [4.69, 9.17) is 38.7 Å². The molecule has 0 saturated carbocycles. The topological polar surface area (TPSA) is 109 Å². The number of esters is 1. The standard InChI is InChI=1S/C36H39Cl2N5O4S2/c1-23(44)43(26-14-16-41(17-15-26)21-24-12-13-29(37)30(38)18-24)49-35-40-31(22-48-35)25-8-7-9-27(19-25)42(33(45)20-39)32-11-6-5-10-28(32)34(46)47-36(2,3)4/h5-13,18-19,22,26H,14-17,20-21,39H2,1-4H3. The number of hydrogen-bond acceptors (Lipinski definition) is 9. The normalized spacial score (nSPS) is 14.0. The molecule has 0 atom stereocenters. The van der Waals surface area contributed by atoms with Crippen molar-refractivity contribution >= 4 is 75.6 Å². The number of rotatable bonds is 10. The summed E-state index contributed by atoms with van der Waals surface area (Å²) < 4.78 is 8.20. The molecule has 1 saturated heterocycles. The Balaban J connectivity index is 1.31. The van der Waals surface area contributed by atoms with Gasteiger partial charge in [-0.2, -0.15) is 0 Å². The van der Waals surface area contributed by atoms with Crippen LogP contribution in [0.2, 0.25) is 10.0 Å². The molecule has 13 heteroatoms. The number of carbonyl (C=O) groups excluding carboxylic acids is 3. The van der Waals surface area contributed by atoms with Crippen molar-refractivity contribution in [3.8, 4) is 11.3 Å². The van der Waals surface area contributed by atoms with Crippen molar-refractivity contribution in [2.45, 2.75) is 63.1 Å². The summed E-state index contributed by atoms with van der Waals surface area (Å²) in [6.07, 6.45) is 1.67. The average Bonchev–Trinajstić information content (AvgIpc) is 3.54. The Morgan fingerprint density at radius 2 is 1.76 bits per heavy atom. The Morgan fingerprint density at radius 1 is 1.02 bits per heavy atom. The number of thiazole rings is 1. The van der Waals surface area contributed by atoms with Crippen LogP contribution in [-0.4, -0.2) is 63.2 Å². The highest BCUT2D eigenvalue weighted by molar-refractivity contribution is 7.99. The van der Waals surface area contributed by atoms with E-state index >= 15 is 0 Å². The molecule has 3 aromatic carbocycles.